The Morgan fingerprint density at radius 3 is 2.72 bits per heavy atom. The summed E-state index contributed by atoms with van der Waals surface area (Å²) < 4.78 is 2.44. The van der Waals surface area contributed by atoms with Gasteiger partial charge in [0.25, 0.3) is 5.91 Å². The van der Waals surface area contributed by atoms with E-state index in [0.29, 0.717) is 12.1 Å². The first-order chi connectivity index (χ1) is 8.49. The molecule has 0 saturated heterocycles. The quantitative estimate of drug-likeness (QED) is 0.941. The number of aromatic nitrogens is 2. The lowest BCUT2D eigenvalue weighted by Crippen LogP contribution is -2.23. The average Bonchev–Trinajstić information content (AvgIpc) is 2.82. The Morgan fingerprint density at radius 2 is 2.22 bits per heavy atom. The Bertz CT molecular complexity index is 588. The van der Waals surface area contributed by atoms with Crippen LogP contribution in [0.25, 0.3) is 0 Å². The summed E-state index contributed by atoms with van der Waals surface area (Å²) in [6, 6.07) is 3.74. The van der Waals surface area contributed by atoms with Crippen molar-refractivity contribution in [2.75, 3.05) is 0 Å². The van der Waals surface area contributed by atoms with Crippen LogP contribution < -0.4 is 5.32 Å². The zero-order valence-corrected chi connectivity index (χ0v) is 12.0. The van der Waals surface area contributed by atoms with Gasteiger partial charge in [-0.25, -0.2) is 0 Å². The maximum absolute atomic E-state index is 12.1. The van der Waals surface area contributed by atoms with Gasteiger partial charge in [-0.05, 0) is 26.0 Å². The van der Waals surface area contributed by atoms with Crippen molar-refractivity contribution < 1.29 is 4.79 Å². The molecule has 0 bridgehead atoms. The van der Waals surface area contributed by atoms with Crippen molar-refractivity contribution in [2.24, 2.45) is 7.05 Å². The van der Waals surface area contributed by atoms with Gasteiger partial charge in [-0.15, -0.1) is 11.3 Å². The fraction of sp³-hybridized carbons (Fsp3) is 0.333. The molecule has 0 radical (unpaired) electrons. The minimum atomic E-state index is -0.0948. The lowest BCUT2D eigenvalue weighted by Gasteiger charge is -2.04. The summed E-state index contributed by atoms with van der Waals surface area (Å²) in [6.45, 7) is 4.21. The molecule has 0 aliphatic rings. The number of rotatable bonds is 3. The second kappa shape index (κ2) is 5.12. The molecule has 2 rings (SSSR count). The van der Waals surface area contributed by atoms with Crippen LogP contribution in [0.5, 0.6) is 0 Å². The van der Waals surface area contributed by atoms with Gasteiger partial charge in [0.2, 0.25) is 0 Å². The van der Waals surface area contributed by atoms with Gasteiger partial charge >= 0.3 is 0 Å². The summed E-state index contributed by atoms with van der Waals surface area (Å²) in [5.74, 6) is -0.0948. The number of carbonyl (C=O) groups is 1. The zero-order chi connectivity index (χ0) is 13.3. The molecule has 0 saturated carbocycles. The summed E-state index contributed by atoms with van der Waals surface area (Å²) in [5.41, 5.74) is 2.27. The van der Waals surface area contributed by atoms with Crippen molar-refractivity contribution >= 4 is 28.8 Å². The lowest BCUT2D eigenvalue weighted by atomic mass is 10.2. The van der Waals surface area contributed by atoms with E-state index in [0.717, 1.165) is 20.6 Å². The molecule has 2 aromatic heterocycles. The average molecular weight is 284 g/mol. The molecule has 1 N–H and O–H groups in total. The highest BCUT2D eigenvalue weighted by molar-refractivity contribution is 7.16. The Kier molecular flexibility index (Phi) is 3.73. The molecule has 6 heteroatoms. The standard InChI is InChI=1S/C12H14ClN3OS/c1-7-11(8(2)16(3)15-7)12(17)14-6-9-4-5-10(13)18-9/h4-5H,6H2,1-3H3,(H,14,17). The number of carbonyl (C=O) groups excluding carboxylic acids is 1. The molecule has 1 amide bonds. The third-order valence-electron chi connectivity index (χ3n) is 2.79. The number of amides is 1. The van der Waals surface area contributed by atoms with E-state index in [1.807, 2.05) is 33.0 Å². The van der Waals surface area contributed by atoms with Gasteiger partial charge in [-0.3, -0.25) is 9.48 Å². The normalized spacial score (nSPS) is 10.7. The third kappa shape index (κ3) is 2.57. The van der Waals surface area contributed by atoms with Gasteiger partial charge in [0.05, 0.1) is 22.1 Å². The van der Waals surface area contributed by atoms with Crippen LogP contribution in [0, 0.1) is 13.8 Å². The minimum Gasteiger partial charge on any atom is -0.347 e. The number of nitrogens with one attached hydrogen (secondary N) is 1. The highest BCUT2D eigenvalue weighted by Crippen LogP contribution is 2.21. The van der Waals surface area contributed by atoms with Gasteiger partial charge in [0.1, 0.15) is 0 Å². The number of hydrogen-bond acceptors (Lipinski definition) is 3. The maximum atomic E-state index is 12.1. The molecule has 4 nitrogen and oxygen atoms in total. The SMILES string of the molecule is Cc1nn(C)c(C)c1C(=O)NCc1ccc(Cl)s1. The zero-order valence-electron chi connectivity index (χ0n) is 10.5. The number of thiophene rings is 1. The largest absolute Gasteiger partial charge is 0.347 e. The Balaban J connectivity index is 2.08. The van der Waals surface area contributed by atoms with E-state index in [1.165, 1.54) is 11.3 Å². The van der Waals surface area contributed by atoms with Gasteiger partial charge in [-0.2, -0.15) is 5.10 Å². The van der Waals surface area contributed by atoms with E-state index in [9.17, 15) is 4.79 Å². The molecular weight excluding hydrogens is 270 g/mol. The monoisotopic (exact) mass is 283 g/mol. The van der Waals surface area contributed by atoms with Crippen molar-refractivity contribution in [3.63, 3.8) is 0 Å². The molecule has 2 aromatic rings. The van der Waals surface area contributed by atoms with E-state index < -0.39 is 0 Å². The molecular formula is C12H14ClN3OS. The molecule has 2 heterocycles. The number of nitrogens with zero attached hydrogens (tertiary/aromatic N) is 2. The summed E-state index contributed by atoms with van der Waals surface area (Å²) in [7, 11) is 1.83. The van der Waals surface area contributed by atoms with Crippen molar-refractivity contribution in [1.82, 2.24) is 15.1 Å². The van der Waals surface area contributed by atoms with Crippen molar-refractivity contribution in [3.8, 4) is 0 Å². The van der Waals surface area contributed by atoms with Crippen LogP contribution in [-0.4, -0.2) is 15.7 Å². The predicted octanol–water partition coefficient (Wildman–Crippen LogP) is 2.68. The second-order valence-corrected chi connectivity index (χ2v) is 5.86. The summed E-state index contributed by atoms with van der Waals surface area (Å²) in [6.07, 6.45) is 0. The molecule has 0 atom stereocenters. The van der Waals surface area contributed by atoms with Crippen LogP contribution in [0.4, 0.5) is 0 Å². The Hall–Kier alpha value is -1.33. The fourth-order valence-electron chi connectivity index (χ4n) is 1.80. The van der Waals surface area contributed by atoms with E-state index >= 15 is 0 Å². The molecule has 0 fully saturated rings. The van der Waals surface area contributed by atoms with E-state index in [2.05, 4.69) is 10.4 Å². The maximum Gasteiger partial charge on any atom is 0.255 e. The number of aryl methyl sites for hydroxylation is 2. The second-order valence-electron chi connectivity index (χ2n) is 4.06. The summed E-state index contributed by atoms with van der Waals surface area (Å²) >= 11 is 7.31. The molecule has 0 aliphatic carbocycles. The molecule has 96 valence electrons. The predicted molar refractivity (Wildman–Crippen MR) is 73.2 cm³/mol. The minimum absolute atomic E-state index is 0.0948. The first-order valence-corrected chi connectivity index (χ1v) is 6.71. The van der Waals surface area contributed by atoms with Crippen molar-refractivity contribution in [3.05, 3.63) is 38.3 Å². The molecule has 18 heavy (non-hydrogen) atoms. The Labute approximate surface area is 115 Å². The van der Waals surface area contributed by atoms with E-state index in [-0.39, 0.29) is 5.91 Å². The smallest absolute Gasteiger partial charge is 0.255 e. The van der Waals surface area contributed by atoms with Crippen LogP contribution in [0.15, 0.2) is 12.1 Å². The van der Waals surface area contributed by atoms with Crippen LogP contribution in [-0.2, 0) is 13.6 Å². The van der Waals surface area contributed by atoms with Crippen LogP contribution in [0.3, 0.4) is 0 Å². The molecule has 0 unspecified atom stereocenters. The van der Waals surface area contributed by atoms with Crippen molar-refractivity contribution in [1.29, 1.82) is 0 Å². The third-order valence-corrected chi connectivity index (χ3v) is 4.02. The van der Waals surface area contributed by atoms with E-state index in [1.54, 1.807) is 4.68 Å². The molecule has 0 spiro atoms. The summed E-state index contributed by atoms with van der Waals surface area (Å²) in [5, 5.41) is 7.11. The molecule has 0 aliphatic heterocycles. The van der Waals surface area contributed by atoms with Crippen LogP contribution >= 0.6 is 22.9 Å². The van der Waals surface area contributed by atoms with Gasteiger partial charge in [0, 0.05) is 17.6 Å². The molecule has 0 aromatic carbocycles. The van der Waals surface area contributed by atoms with Gasteiger partial charge < -0.3 is 5.32 Å². The van der Waals surface area contributed by atoms with Crippen LogP contribution in [0.2, 0.25) is 4.34 Å². The lowest BCUT2D eigenvalue weighted by molar-refractivity contribution is 0.0950. The van der Waals surface area contributed by atoms with Gasteiger partial charge in [-0.1, -0.05) is 11.6 Å². The Morgan fingerprint density at radius 1 is 1.50 bits per heavy atom. The number of hydrogen-bond donors (Lipinski definition) is 1. The number of halogens is 1. The van der Waals surface area contributed by atoms with Crippen LogP contribution in [0.1, 0.15) is 26.6 Å². The highest BCUT2D eigenvalue weighted by atomic mass is 35.5. The van der Waals surface area contributed by atoms with E-state index in [4.69, 9.17) is 11.6 Å². The highest BCUT2D eigenvalue weighted by Gasteiger charge is 2.16. The first kappa shape index (κ1) is 13.1. The first-order valence-electron chi connectivity index (χ1n) is 5.51. The topological polar surface area (TPSA) is 46.9 Å². The van der Waals surface area contributed by atoms with Gasteiger partial charge in [0.15, 0.2) is 0 Å². The van der Waals surface area contributed by atoms with Crippen molar-refractivity contribution in [2.45, 2.75) is 20.4 Å². The fourth-order valence-corrected chi connectivity index (χ4v) is 2.83. The summed E-state index contributed by atoms with van der Waals surface area (Å²) in [4.78, 5) is 13.1.